The number of nitriles is 2. The second-order valence-electron chi connectivity index (χ2n) is 19.9. The van der Waals surface area contributed by atoms with Crippen LogP contribution >= 0.6 is 0 Å². The van der Waals surface area contributed by atoms with E-state index >= 15 is 0 Å². The van der Waals surface area contributed by atoms with Gasteiger partial charge in [0.15, 0.2) is 26.4 Å². The summed E-state index contributed by atoms with van der Waals surface area (Å²) in [5, 5.41) is 19.7. The van der Waals surface area contributed by atoms with Crippen LogP contribution in [0.4, 0.5) is 0 Å². The van der Waals surface area contributed by atoms with Gasteiger partial charge in [-0.05, 0) is 94.5 Å². The van der Waals surface area contributed by atoms with E-state index in [1.807, 2.05) is 84.9 Å². The zero-order valence-corrected chi connectivity index (χ0v) is 49.3. The second-order valence-corrected chi connectivity index (χ2v) is 19.9. The average molecular weight is 1160 g/mol. The summed E-state index contributed by atoms with van der Waals surface area (Å²) < 4.78 is 32.1. The third-order valence-corrected chi connectivity index (χ3v) is 13.5. The normalized spacial score (nSPS) is 11.3. The molecule has 2 unspecified atom stereocenters. The molecule has 0 fully saturated rings. The highest BCUT2D eigenvalue weighted by atomic mass is 16.6. The molecule has 86 heavy (non-hydrogen) atoms. The van der Waals surface area contributed by atoms with Crippen molar-refractivity contribution in [2.45, 2.75) is 79.1 Å². The molecule has 0 N–H and O–H groups in total. The Morgan fingerprint density at radius 1 is 0.419 bits per heavy atom. The van der Waals surface area contributed by atoms with Crippen molar-refractivity contribution in [3.8, 4) is 23.6 Å². The van der Waals surface area contributed by atoms with Gasteiger partial charge in [-0.1, -0.05) is 212 Å². The number of carbonyl (C=O) groups is 6. The number of rotatable bonds is 32. The first-order valence-corrected chi connectivity index (χ1v) is 28.9. The third-order valence-electron chi connectivity index (χ3n) is 13.5. The van der Waals surface area contributed by atoms with Crippen molar-refractivity contribution in [2.75, 3.05) is 39.6 Å². The van der Waals surface area contributed by atoms with Gasteiger partial charge in [-0.15, -0.1) is 0 Å². The number of carbonyl (C=O) groups excluding carboxylic acids is 6. The van der Waals surface area contributed by atoms with Crippen LogP contribution in [0.1, 0.15) is 112 Å². The van der Waals surface area contributed by atoms with Gasteiger partial charge in [-0.2, -0.15) is 10.5 Å². The lowest BCUT2D eigenvalue weighted by atomic mass is 9.93. The quantitative estimate of drug-likeness (QED) is 0.0167. The number of Topliss-reactive ketones (excluding diaryl/α,β-unsaturated/α-hetero) is 2. The second kappa shape index (κ2) is 38.0. The van der Waals surface area contributed by atoms with Crippen LogP contribution in [-0.4, -0.2) is 75.1 Å². The van der Waals surface area contributed by atoms with Crippen LogP contribution in [0.15, 0.2) is 193 Å². The maximum Gasteiger partial charge on any atom is 0.349 e. The van der Waals surface area contributed by atoms with Crippen LogP contribution in [0, 0.1) is 34.5 Å². The topological polar surface area (TPSA) is 205 Å². The van der Waals surface area contributed by atoms with Gasteiger partial charge >= 0.3 is 23.9 Å². The van der Waals surface area contributed by atoms with Crippen LogP contribution in [0.2, 0.25) is 0 Å². The first-order valence-electron chi connectivity index (χ1n) is 28.9. The summed E-state index contributed by atoms with van der Waals surface area (Å²) in [6.07, 6.45) is 15.0. The molecule has 0 aliphatic heterocycles. The van der Waals surface area contributed by atoms with E-state index in [1.54, 1.807) is 109 Å². The minimum atomic E-state index is -0.993. The van der Waals surface area contributed by atoms with Gasteiger partial charge in [-0.25, -0.2) is 19.2 Å². The lowest BCUT2D eigenvalue weighted by Crippen LogP contribution is -2.22. The number of hydrogen-bond acceptors (Lipinski definition) is 14. The molecule has 0 heterocycles. The fourth-order valence-corrected chi connectivity index (χ4v) is 8.56. The predicted molar refractivity (Wildman–Crippen MR) is 331 cm³/mol. The van der Waals surface area contributed by atoms with Crippen molar-refractivity contribution in [3.63, 3.8) is 0 Å². The van der Waals surface area contributed by atoms with E-state index in [2.05, 4.69) is 27.7 Å². The maximum absolute atomic E-state index is 12.9. The molecule has 0 bridgehead atoms. The van der Waals surface area contributed by atoms with E-state index in [0.717, 1.165) is 35.5 Å². The number of unbranched alkanes of at least 4 members (excludes halogenated alkanes) is 2. The largest absolute Gasteiger partial charge is 0.493 e. The number of hydrogen-bond donors (Lipinski definition) is 0. The van der Waals surface area contributed by atoms with Crippen molar-refractivity contribution in [2.24, 2.45) is 11.8 Å². The summed E-state index contributed by atoms with van der Waals surface area (Å²) >= 11 is 0. The number of ether oxygens (including phenoxy) is 6. The van der Waals surface area contributed by atoms with E-state index in [1.165, 1.54) is 50.7 Å². The Morgan fingerprint density at radius 3 is 1.00 bits per heavy atom. The Bertz CT molecular complexity index is 3020. The molecule has 0 aliphatic carbocycles. The molecular weight excluding hydrogens is 1080 g/mol. The molecule has 0 saturated heterocycles. The molecule has 0 aliphatic rings. The summed E-state index contributed by atoms with van der Waals surface area (Å²) in [7, 11) is 0. The summed E-state index contributed by atoms with van der Waals surface area (Å²) in [5.41, 5.74) is 4.28. The Balaban J connectivity index is 0.000000314. The summed E-state index contributed by atoms with van der Waals surface area (Å²) in [4.78, 5) is 74.5. The summed E-state index contributed by atoms with van der Waals surface area (Å²) in [6.45, 7) is 7.71. The maximum atomic E-state index is 12.9. The number of ketones is 2. The van der Waals surface area contributed by atoms with E-state index in [-0.39, 0.29) is 11.1 Å². The fourth-order valence-electron chi connectivity index (χ4n) is 8.56. The van der Waals surface area contributed by atoms with Crippen LogP contribution < -0.4 is 9.47 Å². The number of nitrogens with zero attached hydrogens (tertiary/aromatic N) is 2. The number of esters is 4. The Hall–Kier alpha value is -9.92. The highest BCUT2D eigenvalue weighted by Gasteiger charge is 2.24. The standard InChI is InChI=1S/C37H50O7.C35H24N2O5/c1-5-9-11-29(7-3)25-41-34-19-13-31(14-20-34)17-23-36(39)43-27-33(38)28-44-37(40)24-18-32-15-21-35(22-16-32)42-26-30(8-4)12-10-6-2;36-21-30(32(25-13-5-1-6-14-25)26-15-7-2-8-16-26)34(39)41-23-29(38)24-42-35(40)31(22-37)33(27-17-9-3-10-18-27)28-19-11-4-12-20-28/h13-24,29-30H,5-12,25-28H2,1-4H3;1-20H,23-24H2/b23-17+,24-18+;. The Morgan fingerprint density at radius 2 is 0.721 bits per heavy atom. The smallest absolute Gasteiger partial charge is 0.349 e. The number of benzene rings is 6. The highest BCUT2D eigenvalue weighted by Crippen LogP contribution is 2.29. The molecule has 14 nitrogen and oxygen atoms in total. The van der Waals surface area contributed by atoms with Crippen LogP contribution in [0.3, 0.4) is 0 Å². The van der Waals surface area contributed by atoms with E-state index < -0.39 is 61.9 Å². The molecule has 0 aromatic heterocycles. The molecule has 444 valence electrons. The minimum absolute atomic E-state index is 0.276. The van der Waals surface area contributed by atoms with Crippen LogP contribution in [0.5, 0.6) is 11.5 Å². The Kier molecular flexibility index (Phi) is 29.6. The van der Waals surface area contributed by atoms with Gasteiger partial charge in [0, 0.05) is 23.3 Å². The summed E-state index contributed by atoms with van der Waals surface area (Å²) in [5.74, 6) is -1.88. The molecule has 0 saturated carbocycles. The van der Waals surface area contributed by atoms with Crippen LogP contribution in [-0.2, 0) is 47.7 Å². The molecule has 0 spiro atoms. The van der Waals surface area contributed by atoms with E-state index in [9.17, 15) is 39.3 Å². The third kappa shape index (κ3) is 23.4. The highest BCUT2D eigenvalue weighted by molar-refractivity contribution is 6.07. The molecule has 0 radical (unpaired) electrons. The van der Waals surface area contributed by atoms with Gasteiger partial charge < -0.3 is 28.4 Å². The van der Waals surface area contributed by atoms with Crippen molar-refractivity contribution < 1.29 is 57.2 Å². The van der Waals surface area contributed by atoms with Gasteiger partial charge in [0.1, 0.15) is 34.8 Å². The minimum Gasteiger partial charge on any atom is -0.493 e. The molecule has 14 heteroatoms. The van der Waals surface area contributed by atoms with Gasteiger partial charge in [0.05, 0.1) is 13.2 Å². The van der Waals surface area contributed by atoms with Crippen LogP contribution in [0.25, 0.3) is 23.3 Å². The van der Waals surface area contributed by atoms with Crippen molar-refractivity contribution >= 4 is 58.7 Å². The SMILES string of the molecule is CCCCC(CC)COc1ccc(/C=C/C(=O)OCC(=O)COC(=O)/C=C/c2ccc(OCC(CC)CCCC)cc2)cc1.N#CC(C(=O)OCC(=O)COC(=O)C(C#N)=C(c1ccccc1)c1ccccc1)=C(c1ccccc1)c1ccccc1. The van der Waals surface area contributed by atoms with Crippen molar-refractivity contribution in [1.82, 2.24) is 0 Å². The Labute approximate surface area is 505 Å². The van der Waals surface area contributed by atoms with Gasteiger partial charge in [0.2, 0.25) is 11.6 Å². The fraction of sp³-hybridized carbons (Fsp3) is 0.278. The lowest BCUT2D eigenvalue weighted by molar-refractivity contribution is -0.149. The van der Waals surface area contributed by atoms with Gasteiger partial charge in [0.25, 0.3) is 0 Å². The predicted octanol–water partition coefficient (Wildman–Crippen LogP) is 14.0. The first-order chi connectivity index (χ1) is 41.9. The monoisotopic (exact) mass is 1160 g/mol. The van der Waals surface area contributed by atoms with E-state index in [0.29, 0.717) is 58.4 Å². The molecule has 6 aromatic rings. The molecule has 0 amide bonds. The zero-order chi connectivity index (χ0) is 61.7. The van der Waals surface area contributed by atoms with Crippen molar-refractivity contribution in [3.05, 3.63) is 227 Å². The molecule has 6 aromatic carbocycles. The average Bonchev–Trinajstić information content (AvgIpc) is 2.38. The van der Waals surface area contributed by atoms with E-state index in [4.69, 9.17) is 28.4 Å². The van der Waals surface area contributed by atoms with Gasteiger partial charge in [-0.3, -0.25) is 9.59 Å². The molecular formula is C72H74N2O12. The molecule has 6 rings (SSSR count). The van der Waals surface area contributed by atoms with Crippen molar-refractivity contribution in [1.29, 1.82) is 10.5 Å². The summed E-state index contributed by atoms with van der Waals surface area (Å²) in [6, 6.07) is 54.2. The first kappa shape index (κ1) is 66.9. The lowest BCUT2D eigenvalue weighted by Gasteiger charge is -2.15. The molecule has 2 atom stereocenters. The zero-order valence-electron chi connectivity index (χ0n) is 49.3.